The molecule has 2 fully saturated rings. The fourth-order valence-electron chi connectivity index (χ4n) is 7.08. The van der Waals surface area contributed by atoms with Gasteiger partial charge in [0.25, 0.3) is 5.56 Å². The van der Waals surface area contributed by atoms with Crippen LogP contribution >= 0.6 is 23.2 Å². The highest BCUT2D eigenvalue weighted by atomic mass is 35.5. The van der Waals surface area contributed by atoms with Crippen LogP contribution in [0.3, 0.4) is 0 Å². The molecule has 0 radical (unpaired) electrons. The highest BCUT2D eigenvalue weighted by Crippen LogP contribution is 2.56. The summed E-state index contributed by atoms with van der Waals surface area (Å²) in [6.45, 7) is 4.57. The summed E-state index contributed by atoms with van der Waals surface area (Å²) in [5, 5.41) is 7.33. The van der Waals surface area contributed by atoms with E-state index >= 15 is 0 Å². The maximum Gasteiger partial charge on any atom is 0.260 e. The van der Waals surface area contributed by atoms with E-state index in [4.69, 9.17) is 37.7 Å². The van der Waals surface area contributed by atoms with Gasteiger partial charge in [0.15, 0.2) is 5.78 Å². The molecule has 4 unspecified atom stereocenters. The largest absolute Gasteiger partial charge is 0.495 e. The highest BCUT2D eigenvalue weighted by molar-refractivity contribution is 6.41. The molecule has 0 spiro atoms. The van der Waals surface area contributed by atoms with Gasteiger partial charge in [-0.05, 0) is 81.0 Å². The number of aryl methyl sites for hydroxylation is 2. The number of fused-ring (bicyclic) bond motifs is 2. The highest BCUT2D eigenvalue weighted by Gasteiger charge is 2.53. The Morgan fingerprint density at radius 3 is 2.44 bits per heavy atom. The van der Waals surface area contributed by atoms with E-state index in [2.05, 4.69) is 22.2 Å². The number of methoxy groups -OCH3 is 2. The first-order chi connectivity index (χ1) is 25.0. The molecule has 2 saturated carbocycles. The summed E-state index contributed by atoms with van der Waals surface area (Å²) >= 11 is 13.6. The van der Waals surface area contributed by atoms with Gasteiger partial charge in [-0.3, -0.25) is 19.0 Å². The molecule has 13 heteroatoms. The van der Waals surface area contributed by atoms with Crippen LogP contribution < -0.4 is 25.7 Å². The van der Waals surface area contributed by atoms with Crippen molar-refractivity contribution in [1.29, 1.82) is 0 Å². The fraction of sp³-hybridized carbons (Fsp3) is 0.359. The number of ketones is 1. The van der Waals surface area contributed by atoms with Crippen molar-refractivity contribution in [3.05, 3.63) is 93.4 Å². The average molecular weight is 746 g/mol. The third-order valence-electron chi connectivity index (χ3n) is 9.79. The summed E-state index contributed by atoms with van der Waals surface area (Å²) in [6, 6.07) is 10.8. The summed E-state index contributed by atoms with van der Waals surface area (Å²) < 4.78 is 12.6. The van der Waals surface area contributed by atoms with Gasteiger partial charge < -0.3 is 25.0 Å². The molecule has 4 aromatic rings. The number of likely N-dealkylation sites (N-methyl/N-ethyl adjacent to an activating group) is 1. The molecule has 11 nitrogen and oxygen atoms in total. The molecule has 0 bridgehead atoms. The average Bonchev–Trinajstić information content (AvgIpc) is 3.81. The van der Waals surface area contributed by atoms with Crippen molar-refractivity contribution in [1.82, 2.24) is 19.4 Å². The maximum absolute atomic E-state index is 14.5. The molecule has 2 aliphatic carbocycles. The van der Waals surface area contributed by atoms with Crippen molar-refractivity contribution in [2.75, 3.05) is 45.5 Å². The minimum atomic E-state index is -0.359. The van der Waals surface area contributed by atoms with Crippen LogP contribution in [0.15, 0.2) is 72.2 Å². The smallest absolute Gasteiger partial charge is 0.260 e. The molecule has 2 aliphatic rings. The summed E-state index contributed by atoms with van der Waals surface area (Å²) in [5.74, 6) is 2.02. The van der Waals surface area contributed by atoms with Crippen molar-refractivity contribution in [3.8, 4) is 22.6 Å². The lowest BCUT2D eigenvalue weighted by Gasteiger charge is -2.23. The van der Waals surface area contributed by atoms with Crippen LogP contribution in [-0.4, -0.2) is 72.0 Å². The summed E-state index contributed by atoms with van der Waals surface area (Å²) in [4.78, 5) is 50.6. The van der Waals surface area contributed by atoms with Gasteiger partial charge >= 0.3 is 0 Å². The zero-order chi connectivity index (χ0) is 37.1. The van der Waals surface area contributed by atoms with Crippen LogP contribution in [0.2, 0.25) is 10.0 Å². The molecule has 0 aliphatic heterocycles. The van der Waals surface area contributed by atoms with Gasteiger partial charge in [0.05, 0.1) is 29.8 Å². The van der Waals surface area contributed by atoms with Crippen LogP contribution in [-0.2, 0) is 22.6 Å². The molecular weight excluding hydrogens is 703 g/mol. The number of aromatic nitrogens is 3. The standard InChI is InChI=1S/C39H42Cl2N6O5/c1-6-27(48)17-24-16-23-18-28(23)36(24)44-39-42-21-25-19-29(33-34(40)30(51-4)20-31(52-5)35(33)41)38(50)47(37(25)45-39)15-13-22-9-11-26(12-10-22)43-32(49)8-7-14-46(2)3/h6-12,19-21,23-24,28,36H,1,13-18H2,2-5H3,(H,43,49)(H,42,44,45)/b8-7+. The van der Waals surface area contributed by atoms with Gasteiger partial charge in [-0.25, -0.2) is 4.98 Å². The first kappa shape index (κ1) is 37.1. The second-order valence-corrected chi connectivity index (χ2v) is 14.3. The second-order valence-electron chi connectivity index (χ2n) is 13.6. The molecule has 2 aromatic heterocycles. The number of nitrogens with zero attached hydrogens (tertiary/aromatic N) is 4. The number of pyridine rings is 1. The molecule has 6 rings (SSSR count). The molecule has 1 amide bonds. The number of hydrogen-bond donors (Lipinski definition) is 2. The third-order valence-corrected chi connectivity index (χ3v) is 10.5. The Morgan fingerprint density at radius 1 is 1.08 bits per heavy atom. The normalized spacial score (nSPS) is 19.1. The Kier molecular flexibility index (Phi) is 11.3. The number of carbonyl (C=O) groups excluding carboxylic acids is 2. The molecule has 2 aromatic carbocycles. The van der Waals surface area contributed by atoms with Crippen molar-refractivity contribution in [3.63, 3.8) is 0 Å². The van der Waals surface area contributed by atoms with Crippen LogP contribution in [0.5, 0.6) is 11.5 Å². The van der Waals surface area contributed by atoms with Gasteiger partial charge in [0.1, 0.15) is 17.1 Å². The quantitative estimate of drug-likeness (QED) is 0.128. The molecule has 4 atom stereocenters. The molecular formula is C39H42Cl2N6O5. The topological polar surface area (TPSA) is 128 Å². The van der Waals surface area contributed by atoms with E-state index in [9.17, 15) is 14.4 Å². The number of carbonyl (C=O) groups is 2. The number of ether oxygens (including phenoxy) is 2. The van der Waals surface area contributed by atoms with E-state index in [0.29, 0.717) is 65.4 Å². The van der Waals surface area contributed by atoms with Gasteiger partial charge in [0, 0.05) is 60.5 Å². The second kappa shape index (κ2) is 15.9. The minimum absolute atomic E-state index is 0.0256. The van der Waals surface area contributed by atoms with Gasteiger partial charge in [-0.2, -0.15) is 4.98 Å². The zero-order valence-corrected chi connectivity index (χ0v) is 31.1. The number of halogens is 2. The Morgan fingerprint density at radius 2 is 1.79 bits per heavy atom. The van der Waals surface area contributed by atoms with E-state index in [0.717, 1.165) is 18.4 Å². The number of amides is 1. The summed E-state index contributed by atoms with van der Waals surface area (Å²) in [5.41, 5.74) is 2.20. The molecule has 2 N–H and O–H groups in total. The Hall–Kier alpha value is -4.71. The van der Waals surface area contributed by atoms with Crippen LogP contribution in [0.25, 0.3) is 22.2 Å². The monoisotopic (exact) mass is 744 g/mol. The molecule has 2 heterocycles. The first-order valence-corrected chi connectivity index (χ1v) is 17.9. The lowest BCUT2D eigenvalue weighted by molar-refractivity contribution is -0.115. The van der Waals surface area contributed by atoms with E-state index in [-0.39, 0.29) is 56.9 Å². The SMILES string of the molecule is C=CC(=O)CC1CC2CC2C1Nc1ncc2cc(-c3c(Cl)c(OC)cc(OC)c3Cl)c(=O)n(CCc3ccc(NC(=O)/C=C/CN(C)C)cc3)c2n1. The Bertz CT molecular complexity index is 2070. The van der Waals surface area contributed by atoms with E-state index in [1.54, 1.807) is 29.0 Å². The molecule has 0 saturated heterocycles. The predicted molar refractivity (Wildman–Crippen MR) is 206 cm³/mol. The molecule has 272 valence electrons. The number of hydrogen-bond acceptors (Lipinski definition) is 9. The Labute approximate surface area is 312 Å². The lowest BCUT2D eigenvalue weighted by Crippen LogP contribution is -2.30. The third kappa shape index (κ3) is 8.01. The number of rotatable bonds is 15. The lowest BCUT2D eigenvalue weighted by atomic mass is 9.92. The summed E-state index contributed by atoms with van der Waals surface area (Å²) in [6.07, 6.45) is 9.36. The number of allylic oxidation sites excluding steroid dienone is 1. The minimum Gasteiger partial charge on any atom is -0.495 e. The molecule has 52 heavy (non-hydrogen) atoms. The predicted octanol–water partition coefficient (Wildman–Crippen LogP) is 6.66. The zero-order valence-electron chi connectivity index (χ0n) is 29.6. The van der Waals surface area contributed by atoms with E-state index in [1.807, 2.05) is 43.3 Å². The van der Waals surface area contributed by atoms with Crippen LogP contribution in [0.1, 0.15) is 24.8 Å². The first-order valence-electron chi connectivity index (χ1n) is 17.1. The number of benzene rings is 2. The van der Waals surface area contributed by atoms with Crippen molar-refractivity contribution < 1.29 is 19.1 Å². The van der Waals surface area contributed by atoms with E-state index < -0.39 is 0 Å². The van der Waals surface area contributed by atoms with E-state index in [1.165, 1.54) is 26.4 Å². The fourth-order valence-corrected chi connectivity index (χ4v) is 7.78. The van der Waals surface area contributed by atoms with Gasteiger partial charge in [-0.1, -0.05) is 48.0 Å². The Balaban J connectivity index is 1.35. The van der Waals surface area contributed by atoms with Crippen LogP contribution in [0, 0.1) is 17.8 Å². The van der Waals surface area contributed by atoms with Crippen LogP contribution in [0.4, 0.5) is 11.6 Å². The van der Waals surface area contributed by atoms with Crippen molar-refractivity contribution in [2.45, 2.75) is 38.3 Å². The maximum atomic E-state index is 14.5. The number of nitrogens with one attached hydrogen (secondary N) is 2. The van der Waals surface area contributed by atoms with Gasteiger partial charge in [0.2, 0.25) is 11.9 Å². The van der Waals surface area contributed by atoms with Crippen molar-refractivity contribution >= 4 is 57.6 Å². The van der Waals surface area contributed by atoms with Crippen molar-refractivity contribution in [2.24, 2.45) is 17.8 Å². The summed E-state index contributed by atoms with van der Waals surface area (Å²) in [7, 11) is 6.81. The van der Waals surface area contributed by atoms with Gasteiger partial charge in [-0.15, -0.1) is 0 Å². The number of anilines is 2.